The number of carbonyl (C=O) groups excluding carboxylic acids is 1. The lowest BCUT2D eigenvalue weighted by Gasteiger charge is -2.26. The first-order chi connectivity index (χ1) is 18.5. The van der Waals surface area contributed by atoms with E-state index in [1.165, 1.54) is 48.7 Å². The third-order valence-corrected chi connectivity index (χ3v) is 9.01. The van der Waals surface area contributed by atoms with Crippen molar-refractivity contribution in [1.82, 2.24) is 4.98 Å². The van der Waals surface area contributed by atoms with Crippen LogP contribution in [0.5, 0.6) is 0 Å². The molecule has 202 valence electrons. The Morgan fingerprint density at radius 3 is 2.05 bits per heavy atom. The number of nitrogens with zero attached hydrogens (tertiary/aromatic N) is 2. The number of hydrogen-bond donors (Lipinski definition) is 2. The number of rotatable bonds is 9. The topological polar surface area (TPSA) is 126 Å². The second-order valence-electron chi connectivity index (χ2n) is 9.01. The van der Waals surface area contributed by atoms with E-state index in [1.54, 1.807) is 43.3 Å². The van der Waals surface area contributed by atoms with E-state index in [4.69, 9.17) is 0 Å². The second kappa shape index (κ2) is 11.3. The molecule has 1 aromatic heterocycles. The van der Waals surface area contributed by atoms with Crippen LogP contribution in [0.1, 0.15) is 16.7 Å². The second-order valence-corrected chi connectivity index (χ2v) is 12.6. The summed E-state index contributed by atoms with van der Waals surface area (Å²) in [5.41, 5.74) is 3.27. The highest BCUT2D eigenvalue weighted by Crippen LogP contribution is 2.28. The van der Waals surface area contributed by atoms with Gasteiger partial charge in [-0.1, -0.05) is 41.5 Å². The summed E-state index contributed by atoms with van der Waals surface area (Å²) in [6.45, 7) is 5.06. The lowest BCUT2D eigenvalue weighted by molar-refractivity contribution is -0.114. The summed E-state index contributed by atoms with van der Waals surface area (Å²) in [4.78, 5) is 17.1. The zero-order valence-electron chi connectivity index (χ0n) is 21.6. The number of amides is 1. The minimum atomic E-state index is -4.07. The molecule has 3 aromatic carbocycles. The Bertz CT molecular complexity index is 1690. The van der Waals surface area contributed by atoms with Crippen LogP contribution in [0.4, 0.5) is 17.2 Å². The van der Waals surface area contributed by atoms with E-state index >= 15 is 0 Å². The predicted octanol–water partition coefficient (Wildman–Crippen LogP) is 4.64. The van der Waals surface area contributed by atoms with Crippen molar-refractivity contribution in [1.29, 1.82) is 0 Å². The van der Waals surface area contributed by atoms with Crippen LogP contribution in [0.3, 0.4) is 0 Å². The Kier molecular flexibility index (Phi) is 8.03. The van der Waals surface area contributed by atoms with Crippen molar-refractivity contribution in [2.24, 2.45) is 0 Å². The van der Waals surface area contributed by atoms with Gasteiger partial charge in [-0.05, 0) is 80.9 Å². The highest BCUT2D eigenvalue weighted by molar-refractivity contribution is 7.93. The number of aryl methyl sites for hydroxylation is 3. The average molecular weight is 565 g/mol. The molecule has 0 saturated heterocycles. The van der Waals surface area contributed by atoms with Crippen molar-refractivity contribution in [2.45, 2.75) is 30.6 Å². The quantitative estimate of drug-likeness (QED) is 0.305. The molecule has 0 aliphatic carbocycles. The number of aromatic nitrogens is 1. The van der Waals surface area contributed by atoms with Gasteiger partial charge in [-0.3, -0.25) is 13.8 Å². The van der Waals surface area contributed by atoms with Crippen LogP contribution in [0.2, 0.25) is 0 Å². The van der Waals surface area contributed by atoms with Gasteiger partial charge in [0.15, 0.2) is 0 Å². The molecule has 0 fully saturated rings. The Morgan fingerprint density at radius 2 is 1.44 bits per heavy atom. The molecular formula is C28H28N4O5S2. The lowest BCUT2D eigenvalue weighted by atomic mass is 10.1. The first-order valence-corrected chi connectivity index (χ1v) is 14.9. The summed E-state index contributed by atoms with van der Waals surface area (Å²) in [6.07, 6.45) is 1.47. The summed E-state index contributed by atoms with van der Waals surface area (Å²) in [5.74, 6) is -0.413. The summed E-state index contributed by atoms with van der Waals surface area (Å²) < 4.78 is 56.0. The number of carbonyl (C=O) groups is 1. The first-order valence-electron chi connectivity index (χ1n) is 12.0. The van der Waals surface area contributed by atoms with Gasteiger partial charge in [-0.25, -0.2) is 21.8 Å². The maximum atomic E-state index is 13.6. The third kappa shape index (κ3) is 6.62. The van der Waals surface area contributed by atoms with E-state index in [1.807, 2.05) is 19.9 Å². The van der Waals surface area contributed by atoms with Crippen molar-refractivity contribution in [3.63, 3.8) is 0 Å². The fraction of sp³-hybridized carbons (Fsp3) is 0.143. The standard InChI is InChI=1S/C28H28N4O5S2/c1-20-7-12-25(13-8-20)39(36,37)32(26-16-9-21(2)18-22(26)3)19-28(33)30-23-10-14-24(15-11-23)38(34,35)31-27-6-4-5-17-29-27/h4-18H,19H2,1-3H3,(H,29,31)(H,30,33). The molecule has 0 radical (unpaired) electrons. The maximum absolute atomic E-state index is 13.6. The maximum Gasteiger partial charge on any atom is 0.264 e. The summed E-state index contributed by atoms with van der Waals surface area (Å²) in [7, 11) is -7.96. The van der Waals surface area contributed by atoms with Gasteiger partial charge in [0.25, 0.3) is 20.0 Å². The van der Waals surface area contributed by atoms with Crippen molar-refractivity contribution in [3.8, 4) is 0 Å². The number of anilines is 3. The molecule has 39 heavy (non-hydrogen) atoms. The molecule has 0 saturated carbocycles. The molecule has 0 aliphatic rings. The van der Waals surface area contributed by atoms with Gasteiger partial charge in [0.1, 0.15) is 12.4 Å². The molecule has 0 spiro atoms. The van der Waals surface area contributed by atoms with Crippen LogP contribution in [0.15, 0.2) is 101 Å². The Balaban J connectivity index is 1.56. The van der Waals surface area contributed by atoms with Gasteiger partial charge in [-0.15, -0.1) is 0 Å². The van der Waals surface area contributed by atoms with Crippen LogP contribution in [-0.2, 0) is 24.8 Å². The summed E-state index contributed by atoms with van der Waals surface area (Å²) in [6, 6.07) is 22.1. The number of sulfonamides is 2. The van der Waals surface area contributed by atoms with E-state index in [9.17, 15) is 21.6 Å². The van der Waals surface area contributed by atoms with Crippen molar-refractivity contribution >= 4 is 43.1 Å². The SMILES string of the molecule is Cc1ccc(S(=O)(=O)N(CC(=O)Nc2ccc(S(=O)(=O)Nc3ccccn3)cc2)c2ccc(C)cc2C)cc1. The van der Waals surface area contributed by atoms with Crippen LogP contribution in [0, 0.1) is 20.8 Å². The van der Waals surface area contributed by atoms with Gasteiger partial charge in [0.05, 0.1) is 15.5 Å². The molecule has 2 N–H and O–H groups in total. The summed E-state index contributed by atoms with van der Waals surface area (Å²) >= 11 is 0. The van der Waals surface area contributed by atoms with Gasteiger partial charge in [-0.2, -0.15) is 0 Å². The smallest absolute Gasteiger partial charge is 0.264 e. The fourth-order valence-electron chi connectivity index (χ4n) is 3.89. The molecule has 0 unspecified atom stereocenters. The van der Waals surface area contributed by atoms with Gasteiger partial charge in [0.2, 0.25) is 5.91 Å². The zero-order valence-corrected chi connectivity index (χ0v) is 23.3. The fourth-order valence-corrected chi connectivity index (χ4v) is 6.38. The van der Waals surface area contributed by atoms with E-state index in [-0.39, 0.29) is 15.6 Å². The largest absolute Gasteiger partial charge is 0.325 e. The number of pyridine rings is 1. The van der Waals surface area contributed by atoms with E-state index < -0.39 is 32.5 Å². The van der Waals surface area contributed by atoms with Gasteiger partial charge < -0.3 is 5.32 Å². The molecule has 0 atom stereocenters. The molecule has 1 heterocycles. The molecular weight excluding hydrogens is 536 g/mol. The average Bonchev–Trinajstić information content (AvgIpc) is 2.88. The van der Waals surface area contributed by atoms with Crippen molar-refractivity contribution in [3.05, 3.63) is 108 Å². The van der Waals surface area contributed by atoms with Crippen molar-refractivity contribution in [2.75, 3.05) is 20.9 Å². The number of benzene rings is 3. The van der Waals surface area contributed by atoms with Gasteiger partial charge in [0, 0.05) is 11.9 Å². The van der Waals surface area contributed by atoms with Crippen molar-refractivity contribution < 1.29 is 21.6 Å². The first kappa shape index (κ1) is 27.8. The van der Waals surface area contributed by atoms with Crippen LogP contribution < -0.4 is 14.3 Å². The van der Waals surface area contributed by atoms with E-state index in [2.05, 4.69) is 15.0 Å². The molecule has 0 aliphatic heterocycles. The summed E-state index contributed by atoms with van der Waals surface area (Å²) in [5, 5.41) is 2.66. The Labute approximate surface area is 228 Å². The van der Waals surface area contributed by atoms with Crippen LogP contribution >= 0.6 is 0 Å². The minimum absolute atomic E-state index is 0.0231. The molecule has 4 aromatic rings. The van der Waals surface area contributed by atoms with E-state index in [0.717, 1.165) is 15.4 Å². The number of hydrogen-bond acceptors (Lipinski definition) is 6. The minimum Gasteiger partial charge on any atom is -0.325 e. The van der Waals surface area contributed by atoms with Crippen LogP contribution in [0.25, 0.3) is 0 Å². The normalized spacial score (nSPS) is 11.6. The lowest BCUT2D eigenvalue weighted by Crippen LogP contribution is -2.38. The monoisotopic (exact) mass is 564 g/mol. The van der Waals surface area contributed by atoms with Crippen LogP contribution in [-0.4, -0.2) is 34.3 Å². The molecule has 11 heteroatoms. The number of nitrogens with one attached hydrogen (secondary N) is 2. The Hall–Kier alpha value is -4.22. The molecule has 0 bridgehead atoms. The molecule has 4 rings (SSSR count). The third-order valence-electron chi connectivity index (χ3n) is 5.87. The van der Waals surface area contributed by atoms with E-state index in [0.29, 0.717) is 16.9 Å². The zero-order chi connectivity index (χ0) is 28.2. The molecule has 9 nitrogen and oxygen atoms in total. The highest BCUT2D eigenvalue weighted by atomic mass is 32.2. The highest BCUT2D eigenvalue weighted by Gasteiger charge is 2.28. The molecule has 1 amide bonds. The predicted molar refractivity (Wildman–Crippen MR) is 152 cm³/mol. The van der Waals surface area contributed by atoms with Gasteiger partial charge >= 0.3 is 0 Å². The Morgan fingerprint density at radius 1 is 0.795 bits per heavy atom.